The Morgan fingerprint density at radius 3 is 2.60 bits per heavy atom. The summed E-state index contributed by atoms with van der Waals surface area (Å²) in [7, 11) is 1.61. The lowest BCUT2D eigenvalue weighted by molar-refractivity contribution is 0.140. The molecule has 2 aromatic carbocycles. The molecular formula is C21H25N7O2. The smallest absolute Gasteiger partial charge is 0.321 e. The Morgan fingerprint density at radius 2 is 1.87 bits per heavy atom. The van der Waals surface area contributed by atoms with E-state index >= 15 is 0 Å². The number of carbonyl (C=O) groups is 1. The van der Waals surface area contributed by atoms with Crippen LogP contribution < -0.4 is 10.1 Å². The molecule has 1 aromatic heterocycles. The maximum absolute atomic E-state index is 12.6. The summed E-state index contributed by atoms with van der Waals surface area (Å²) >= 11 is 0. The monoisotopic (exact) mass is 407 g/mol. The summed E-state index contributed by atoms with van der Waals surface area (Å²) in [4.78, 5) is 16.7. The predicted octanol–water partition coefficient (Wildman–Crippen LogP) is 2.33. The van der Waals surface area contributed by atoms with Crippen molar-refractivity contribution >= 4 is 11.7 Å². The average Bonchev–Trinajstić information content (AvgIpc) is 3.23. The molecule has 4 rings (SSSR count). The highest BCUT2D eigenvalue weighted by molar-refractivity contribution is 5.89. The van der Waals surface area contributed by atoms with E-state index in [1.54, 1.807) is 17.9 Å². The number of aromatic nitrogens is 4. The van der Waals surface area contributed by atoms with E-state index in [9.17, 15) is 4.79 Å². The molecule has 9 nitrogen and oxygen atoms in total. The first-order valence-corrected chi connectivity index (χ1v) is 9.89. The zero-order valence-corrected chi connectivity index (χ0v) is 17.2. The number of methoxy groups -OCH3 is 1. The topological polar surface area (TPSA) is 88.4 Å². The van der Waals surface area contributed by atoms with Gasteiger partial charge in [-0.2, -0.15) is 4.68 Å². The van der Waals surface area contributed by atoms with Crippen molar-refractivity contribution in [2.45, 2.75) is 13.5 Å². The molecule has 2 heterocycles. The largest absolute Gasteiger partial charge is 0.497 e. The summed E-state index contributed by atoms with van der Waals surface area (Å²) < 4.78 is 6.97. The predicted molar refractivity (Wildman–Crippen MR) is 113 cm³/mol. The number of piperazine rings is 1. The van der Waals surface area contributed by atoms with Crippen molar-refractivity contribution in [3.63, 3.8) is 0 Å². The summed E-state index contributed by atoms with van der Waals surface area (Å²) in [5.41, 5.74) is 2.85. The minimum atomic E-state index is -0.104. The minimum absolute atomic E-state index is 0.104. The van der Waals surface area contributed by atoms with Gasteiger partial charge in [-0.3, -0.25) is 4.90 Å². The van der Waals surface area contributed by atoms with Gasteiger partial charge in [-0.15, -0.1) is 5.10 Å². The fourth-order valence-corrected chi connectivity index (χ4v) is 3.40. The molecule has 156 valence electrons. The normalized spacial score (nSPS) is 14.5. The Labute approximate surface area is 175 Å². The number of nitrogens with zero attached hydrogens (tertiary/aromatic N) is 6. The van der Waals surface area contributed by atoms with Gasteiger partial charge in [-0.1, -0.05) is 23.8 Å². The van der Waals surface area contributed by atoms with Gasteiger partial charge in [0.25, 0.3) is 0 Å². The van der Waals surface area contributed by atoms with Gasteiger partial charge in [0.2, 0.25) is 0 Å². The van der Waals surface area contributed by atoms with Crippen LogP contribution in [0.3, 0.4) is 0 Å². The Morgan fingerprint density at radius 1 is 1.10 bits per heavy atom. The van der Waals surface area contributed by atoms with Crippen LogP contribution in [0.1, 0.15) is 11.4 Å². The summed E-state index contributed by atoms with van der Waals surface area (Å²) in [6.07, 6.45) is 0. The second-order valence-electron chi connectivity index (χ2n) is 7.27. The van der Waals surface area contributed by atoms with E-state index in [-0.39, 0.29) is 6.03 Å². The molecule has 2 amide bonds. The van der Waals surface area contributed by atoms with E-state index in [1.807, 2.05) is 54.3 Å². The zero-order chi connectivity index (χ0) is 20.9. The van der Waals surface area contributed by atoms with Crippen molar-refractivity contribution in [2.24, 2.45) is 0 Å². The molecule has 1 aliphatic rings. The standard InChI is InChI=1S/C21H25N7O2/c1-16-6-8-18(9-7-16)28-20(23-24-25-28)15-26-10-12-27(13-11-26)21(29)22-17-4-3-5-19(14-17)30-2/h3-9,14H,10-13,15H2,1-2H3,(H,22,29). The highest BCUT2D eigenvalue weighted by atomic mass is 16.5. The molecule has 0 bridgehead atoms. The average molecular weight is 407 g/mol. The van der Waals surface area contributed by atoms with Gasteiger partial charge in [-0.25, -0.2) is 4.79 Å². The van der Waals surface area contributed by atoms with E-state index in [0.29, 0.717) is 25.4 Å². The molecule has 0 radical (unpaired) electrons. The third-order valence-corrected chi connectivity index (χ3v) is 5.16. The number of rotatable bonds is 5. The first kappa shape index (κ1) is 19.8. The third-order valence-electron chi connectivity index (χ3n) is 5.16. The molecule has 3 aromatic rings. The quantitative estimate of drug-likeness (QED) is 0.698. The van der Waals surface area contributed by atoms with E-state index < -0.39 is 0 Å². The van der Waals surface area contributed by atoms with Crippen LogP contribution in [-0.4, -0.2) is 69.3 Å². The molecule has 30 heavy (non-hydrogen) atoms. The van der Waals surface area contributed by atoms with Crippen molar-refractivity contribution in [3.8, 4) is 11.4 Å². The molecule has 0 saturated carbocycles. The lowest BCUT2D eigenvalue weighted by Gasteiger charge is -2.34. The van der Waals surface area contributed by atoms with Crippen LogP contribution in [0.4, 0.5) is 10.5 Å². The maximum atomic E-state index is 12.6. The van der Waals surface area contributed by atoms with Crippen LogP contribution in [-0.2, 0) is 6.54 Å². The van der Waals surface area contributed by atoms with Crippen LogP contribution in [0.5, 0.6) is 5.75 Å². The number of hydrogen-bond donors (Lipinski definition) is 1. The number of carbonyl (C=O) groups excluding carboxylic acids is 1. The summed E-state index contributed by atoms with van der Waals surface area (Å²) in [5.74, 6) is 1.50. The number of anilines is 1. The molecule has 9 heteroatoms. The van der Waals surface area contributed by atoms with Gasteiger partial charge < -0.3 is 15.0 Å². The lowest BCUT2D eigenvalue weighted by Crippen LogP contribution is -2.49. The van der Waals surface area contributed by atoms with E-state index in [0.717, 1.165) is 30.3 Å². The number of tetrazole rings is 1. The third kappa shape index (κ3) is 4.57. The number of hydrogen-bond acceptors (Lipinski definition) is 6. The van der Waals surface area contributed by atoms with Crippen LogP contribution in [0.2, 0.25) is 0 Å². The lowest BCUT2D eigenvalue weighted by atomic mass is 10.2. The van der Waals surface area contributed by atoms with Crippen molar-refractivity contribution < 1.29 is 9.53 Å². The Bertz CT molecular complexity index is 995. The summed E-state index contributed by atoms with van der Waals surface area (Å²) in [5, 5.41) is 15.1. The SMILES string of the molecule is COc1cccc(NC(=O)N2CCN(Cc3nnnn3-c3ccc(C)cc3)CC2)c1. The summed E-state index contributed by atoms with van der Waals surface area (Å²) in [6.45, 7) is 5.47. The molecular weight excluding hydrogens is 382 g/mol. The Balaban J connectivity index is 1.32. The van der Waals surface area contributed by atoms with Crippen molar-refractivity contribution in [3.05, 3.63) is 59.9 Å². The van der Waals surface area contributed by atoms with Gasteiger partial charge in [-0.05, 0) is 41.6 Å². The number of aryl methyl sites for hydroxylation is 1. The van der Waals surface area contributed by atoms with Crippen molar-refractivity contribution in [2.75, 3.05) is 38.6 Å². The van der Waals surface area contributed by atoms with Crippen LogP contribution in [0, 0.1) is 6.92 Å². The maximum Gasteiger partial charge on any atom is 0.321 e. The fourth-order valence-electron chi connectivity index (χ4n) is 3.40. The highest BCUT2D eigenvalue weighted by Gasteiger charge is 2.23. The number of ether oxygens (including phenoxy) is 1. The van der Waals surface area contributed by atoms with Crippen LogP contribution >= 0.6 is 0 Å². The number of benzene rings is 2. The van der Waals surface area contributed by atoms with E-state index in [1.165, 1.54) is 5.56 Å². The molecule has 0 aliphatic carbocycles. The second-order valence-corrected chi connectivity index (χ2v) is 7.27. The second kappa shape index (κ2) is 8.91. The first-order valence-electron chi connectivity index (χ1n) is 9.89. The minimum Gasteiger partial charge on any atom is -0.497 e. The van der Waals surface area contributed by atoms with Crippen LogP contribution in [0.15, 0.2) is 48.5 Å². The van der Waals surface area contributed by atoms with Crippen molar-refractivity contribution in [1.29, 1.82) is 0 Å². The van der Waals surface area contributed by atoms with E-state index in [2.05, 4.69) is 25.7 Å². The van der Waals surface area contributed by atoms with Crippen molar-refractivity contribution in [1.82, 2.24) is 30.0 Å². The van der Waals surface area contributed by atoms with E-state index in [4.69, 9.17) is 4.74 Å². The molecule has 0 atom stereocenters. The molecule has 1 aliphatic heterocycles. The molecule has 1 N–H and O–H groups in total. The zero-order valence-electron chi connectivity index (χ0n) is 17.2. The number of urea groups is 1. The fraction of sp³-hybridized carbons (Fsp3) is 0.333. The molecule has 1 saturated heterocycles. The van der Waals surface area contributed by atoms with Gasteiger partial charge >= 0.3 is 6.03 Å². The first-order chi connectivity index (χ1) is 14.6. The van der Waals surface area contributed by atoms with Crippen LogP contribution in [0.25, 0.3) is 5.69 Å². The molecule has 0 spiro atoms. The summed E-state index contributed by atoms with van der Waals surface area (Å²) in [6, 6.07) is 15.4. The highest BCUT2D eigenvalue weighted by Crippen LogP contribution is 2.18. The van der Waals surface area contributed by atoms with Gasteiger partial charge in [0, 0.05) is 37.9 Å². The molecule has 1 fully saturated rings. The van der Waals surface area contributed by atoms with Gasteiger partial charge in [0.05, 0.1) is 19.3 Å². The number of nitrogens with one attached hydrogen (secondary N) is 1. The number of amides is 2. The van der Waals surface area contributed by atoms with Gasteiger partial charge in [0.1, 0.15) is 5.75 Å². The molecule has 0 unspecified atom stereocenters. The Hall–Kier alpha value is -3.46. The van der Waals surface area contributed by atoms with Gasteiger partial charge in [0.15, 0.2) is 5.82 Å². The Kier molecular flexibility index (Phi) is 5.89.